The van der Waals surface area contributed by atoms with E-state index in [0.717, 1.165) is 29.6 Å². The summed E-state index contributed by atoms with van der Waals surface area (Å²) in [7, 11) is 0. The smallest absolute Gasteiger partial charge is 0.0262 e. The summed E-state index contributed by atoms with van der Waals surface area (Å²) in [6.45, 7) is 16.7. The zero-order valence-electron chi connectivity index (χ0n) is 17.4. The van der Waals surface area contributed by atoms with Crippen molar-refractivity contribution in [3.63, 3.8) is 0 Å². The molecule has 0 aliphatic rings. The Hall–Kier alpha value is -0.260. The lowest BCUT2D eigenvalue weighted by atomic mass is 9.76. The Morgan fingerprint density at radius 2 is 1.39 bits per heavy atom. The number of allylic oxidation sites excluding steroid dienone is 2. The minimum atomic E-state index is 0.759. The molecule has 4 atom stereocenters. The molecule has 0 saturated carbocycles. The highest BCUT2D eigenvalue weighted by Gasteiger charge is 2.21. The molecule has 0 aromatic rings. The third-order valence-corrected chi connectivity index (χ3v) is 5.51. The van der Waals surface area contributed by atoms with E-state index in [-0.39, 0.29) is 0 Å². The molecule has 0 fully saturated rings. The van der Waals surface area contributed by atoms with Gasteiger partial charge in [-0.05, 0) is 42.4 Å². The zero-order valence-corrected chi connectivity index (χ0v) is 17.4. The molecule has 0 radical (unpaired) electrons. The number of unbranched alkanes of at least 4 members (excludes halogenated alkanes) is 1. The summed E-state index contributed by atoms with van der Waals surface area (Å²) in [5, 5.41) is 0. The van der Waals surface area contributed by atoms with Crippen molar-refractivity contribution < 1.29 is 0 Å². The molecule has 0 rings (SSSR count). The van der Waals surface area contributed by atoms with Crippen LogP contribution in [0.5, 0.6) is 0 Å². The minimum Gasteiger partial charge on any atom is -0.0880 e. The van der Waals surface area contributed by atoms with Gasteiger partial charge in [0.05, 0.1) is 0 Å². The molecule has 0 aliphatic carbocycles. The van der Waals surface area contributed by atoms with Crippen molar-refractivity contribution in [2.24, 2.45) is 29.6 Å². The molecule has 0 aromatic carbocycles. The van der Waals surface area contributed by atoms with Crippen LogP contribution in [0.1, 0.15) is 106 Å². The molecule has 138 valence electrons. The molecule has 4 unspecified atom stereocenters. The third-order valence-electron chi connectivity index (χ3n) is 5.51. The van der Waals surface area contributed by atoms with Gasteiger partial charge in [-0.15, -0.1) is 0 Å². The molecule has 0 saturated heterocycles. The monoisotopic (exact) mass is 322 g/mol. The Kier molecular flexibility index (Phi) is 14.0. The van der Waals surface area contributed by atoms with Gasteiger partial charge in [-0.2, -0.15) is 0 Å². The predicted molar refractivity (Wildman–Crippen MR) is 108 cm³/mol. The largest absolute Gasteiger partial charge is 0.0880 e. The molecule has 0 N–H and O–H groups in total. The number of rotatable bonds is 14. The van der Waals surface area contributed by atoms with E-state index in [1.807, 2.05) is 0 Å². The van der Waals surface area contributed by atoms with E-state index < -0.39 is 0 Å². The summed E-state index contributed by atoms with van der Waals surface area (Å²) in [5.41, 5.74) is 0. The molecular formula is C23H46. The quantitative estimate of drug-likeness (QED) is 0.282. The highest BCUT2D eigenvalue weighted by Crippen LogP contribution is 2.32. The Morgan fingerprint density at radius 3 is 1.96 bits per heavy atom. The van der Waals surface area contributed by atoms with Gasteiger partial charge in [0, 0.05) is 0 Å². The van der Waals surface area contributed by atoms with Crippen molar-refractivity contribution in [3.8, 4) is 0 Å². The van der Waals surface area contributed by atoms with Gasteiger partial charge in [0.25, 0.3) is 0 Å². The first-order valence-electron chi connectivity index (χ1n) is 10.6. The van der Waals surface area contributed by atoms with E-state index in [0.29, 0.717) is 0 Å². The molecule has 0 heterocycles. The van der Waals surface area contributed by atoms with Crippen LogP contribution >= 0.6 is 0 Å². The Bertz CT molecular complexity index is 276. The summed E-state index contributed by atoms with van der Waals surface area (Å²) >= 11 is 0. The lowest BCUT2D eigenvalue weighted by Crippen LogP contribution is -2.20. The standard InChI is InChI=1S/C23H46/c1-8-10-15-20(5)16-12-18-22(7)23(13-9-2)21(6)17-11-14-19(3)4/h12,16,19-23H,8-11,13-15,17-18H2,1-7H3. The van der Waals surface area contributed by atoms with E-state index in [2.05, 4.69) is 60.6 Å². The van der Waals surface area contributed by atoms with Gasteiger partial charge in [0.2, 0.25) is 0 Å². The second-order valence-corrected chi connectivity index (χ2v) is 8.52. The van der Waals surface area contributed by atoms with Crippen molar-refractivity contribution in [1.82, 2.24) is 0 Å². The maximum atomic E-state index is 2.50. The van der Waals surface area contributed by atoms with Crippen LogP contribution in [0.2, 0.25) is 0 Å². The first kappa shape index (κ1) is 22.7. The van der Waals surface area contributed by atoms with E-state index in [1.165, 1.54) is 57.8 Å². The van der Waals surface area contributed by atoms with E-state index in [4.69, 9.17) is 0 Å². The van der Waals surface area contributed by atoms with Crippen molar-refractivity contribution in [3.05, 3.63) is 12.2 Å². The summed E-state index contributed by atoms with van der Waals surface area (Å²) in [6.07, 6.45) is 17.2. The number of hydrogen-bond donors (Lipinski definition) is 0. The zero-order chi connectivity index (χ0) is 17.7. The Morgan fingerprint density at radius 1 is 0.696 bits per heavy atom. The van der Waals surface area contributed by atoms with Crippen molar-refractivity contribution >= 4 is 0 Å². The van der Waals surface area contributed by atoms with E-state index in [1.54, 1.807) is 0 Å². The maximum absolute atomic E-state index is 2.50. The van der Waals surface area contributed by atoms with Gasteiger partial charge >= 0.3 is 0 Å². The molecule has 23 heavy (non-hydrogen) atoms. The van der Waals surface area contributed by atoms with Crippen LogP contribution in [-0.4, -0.2) is 0 Å². The predicted octanol–water partition coefficient (Wildman–Crippen LogP) is 8.27. The average molecular weight is 323 g/mol. The second kappa shape index (κ2) is 14.1. The molecule has 0 amide bonds. The molecule has 0 aromatic heterocycles. The van der Waals surface area contributed by atoms with Crippen molar-refractivity contribution in [2.45, 2.75) is 106 Å². The molecule has 0 heteroatoms. The lowest BCUT2D eigenvalue weighted by Gasteiger charge is -2.29. The lowest BCUT2D eigenvalue weighted by molar-refractivity contribution is 0.221. The van der Waals surface area contributed by atoms with Gasteiger partial charge in [-0.25, -0.2) is 0 Å². The maximum Gasteiger partial charge on any atom is -0.0262 e. The fourth-order valence-electron chi connectivity index (χ4n) is 3.85. The Balaban J connectivity index is 4.31. The fraction of sp³-hybridized carbons (Fsp3) is 0.913. The minimum absolute atomic E-state index is 0.759. The molecule has 0 bridgehead atoms. The third kappa shape index (κ3) is 11.8. The average Bonchev–Trinajstić information content (AvgIpc) is 2.49. The highest BCUT2D eigenvalue weighted by molar-refractivity contribution is 4.89. The van der Waals surface area contributed by atoms with Crippen LogP contribution in [-0.2, 0) is 0 Å². The summed E-state index contributed by atoms with van der Waals surface area (Å²) in [6, 6.07) is 0. The van der Waals surface area contributed by atoms with Crippen LogP contribution in [0, 0.1) is 29.6 Å². The molecule has 0 aliphatic heterocycles. The van der Waals surface area contributed by atoms with Gasteiger partial charge in [0.15, 0.2) is 0 Å². The summed E-state index contributed by atoms with van der Waals surface area (Å²) in [5.74, 6) is 4.24. The first-order chi connectivity index (χ1) is 10.9. The van der Waals surface area contributed by atoms with Crippen LogP contribution in [0.15, 0.2) is 12.2 Å². The van der Waals surface area contributed by atoms with Gasteiger partial charge in [0.1, 0.15) is 0 Å². The summed E-state index contributed by atoms with van der Waals surface area (Å²) in [4.78, 5) is 0. The summed E-state index contributed by atoms with van der Waals surface area (Å²) < 4.78 is 0. The van der Waals surface area contributed by atoms with Crippen LogP contribution in [0.3, 0.4) is 0 Å². The van der Waals surface area contributed by atoms with Crippen LogP contribution in [0.25, 0.3) is 0 Å². The van der Waals surface area contributed by atoms with Gasteiger partial charge in [-0.1, -0.05) is 106 Å². The second-order valence-electron chi connectivity index (χ2n) is 8.52. The van der Waals surface area contributed by atoms with Crippen molar-refractivity contribution in [1.29, 1.82) is 0 Å². The van der Waals surface area contributed by atoms with Crippen LogP contribution in [0.4, 0.5) is 0 Å². The first-order valence-corrected chi connectivity index (χ1v) is 10.6. The Labute approximate surface area is 148 Å². The van der Waals surface area contributed by atoms with Gasteiger partial charge in [-0.3, -0.25) is 0 Å². The molecule has 0 spiro atoms. The highest BCUT2D eigenvalue weighted by atomic mass is 14.3. The van der Waals surface area contributed by atoms with Gasteiger partial charge < -0.3 is 0 Å². The van der Waals surface area contributed by atoms with Crippen LogP contribution < -0.4 is 0 Å². The topological polar surface area (TPSA) is 0 Å². The van der Waals surface area contributed by atoms with E-state index in [9.17, 15) is 0 Å². The van der Waals surface area contributed by atoms with Crippen molar-refractivity contribution in [2.75, 3.05) is 0 Å². The molecular weight excluding hydrogens is 276 g/mol. The number of hydrogen-bond acceptors (Lipinski definition) is 0. The SMILES string of the molecule is CCCCC(C)C=CCC(C)C(CCC)C(C)CCCC(C)C. The van der Waals surface area contributed by atoms with E-state index >= 15 is 0 Å². The normalized spacial score (nSPS) is 17.6. The fourth-order valence-corrected chi connectivity index (χ4v) is 3.85. The molecule has 0 nitrogen and oxygen atoms in total.